The molecule has 8 nitrogen and oxygen atoms in total. The number of anilines is 1. The van der Waals surface area contributed by atoms with Crippen LogP contribution in [0, 0.1) is 0 Å². The molecule has 9 heteroatoms. The highest BCUT2D eigenvalue weighted by atomic mass is 32.1. The van der Waals surface area contributed by atoms with Crippen molar-refractivity contribution in [3.05, 3.63) is 70.8 Å². The zero-order chi connectivity index (χ0) is 27.1. The zero-order valence-corrected chi connectivity index (χ0v) is 22.4. The van der Waals surface area contributed by atoms with Crippen LogP contribution in [-0.4, -0.2) is 41.4 Å². The van der Waals surface area contributed by atoms with E-state index < -0.39 is 11.8 Å². The first-order chi connectivity index (χ1) is 18.3. The Morgan fingerprint density at radius 3 is 2.63 bits per heavy atom. The highest BCUT2D eigenvalue weighted by Crippen LogP contribution is 2.26. The topological polar surface area (TPSA) is 97.0 Å². The average molecular weight is 534 g/mol. The van der Waals surface area contributed by atoms with Crippen molar-refractivity contribution in [3.8, 4) is 11.5 Å². The maximum Gasteiger partial charge on any atom is 0.265 e. The molecule has 0 saturated carbocycles. The van der Waals surface area contributed by atoms with Gasteiger partial charge in [0.15, 0.2) is 5.11 Å². The largest absolute Gasteiger partial charge is 0.496 e. The molecule has 1 aliphatic carbocycles. The van der Waals surface area contributed by atoms with Crippen LogP contribution in [-0.2, 0) is 21.0 Å². The van der Waals surface area contributed by atoms with Gasteiger partial charge < -0.3 is 14.8 Å². The van der Waals surface area contributed by atoms with Crippen molar-refractivity contribution in [1.29, 1.82) is 0 Å². The number of thiocarbonyl (C=S) groups is 1. The fourth-order valence-corrected chi connectivity index (χ4v) is 4.72. The van der Waals surface area contributed by atoms with Crippen molar-refractivity contribution in [2.24, 2.45) is 0 Å². The number of rotatable bonds is 9. The van der Waals surface area contributed by atoms with Gasteiger partial charge in [-0.3, -0.25) is 24.6 Å². The standard InChI is InChI=1S/C29H31N3O5S/c1-19(33)30-23-9-11-24(12-10-23)37-18-22-16-21(8-13-26(22)36-2)17-25-27(34)31-29(38)32(28(25)35)15-14-20-6-4-3-5-7-20/h6,8-13,16-17H,3-5,7,14-15,18H2,1-2H3,(H,30,33)(H,31,34,38)/b25-17-. The first-order valence-corrected chi connectivity index (χ1v) is 13.0. The highest BCUT2D eigenvalue weighted by Gasteiger charge is 2.33. The number of amides is 3. The van der Waals surface area contributed by atoms with Gasteiger partial charge in [-0.25, -0.2) is 0 Å². The van der Waals surface area contributed by atoms with E-state index in [4.69, 9.17) is 21.7 Å². The number of nitrogens with zero attached hydrogens (tertiary/aromatic N) is 1. The summed E-state index contributed by atoms with van der Waals surface area (Å²) in [6, 6.07) is 12.4. The van der Waals surface area contributed by atoms with Crippen LogP contribution >= 0.6 is 12.2 Å². The van der Waals surface area contributed by atoms with Gasteiger partial charge in [-0.05, 0) is 92.4 Å². The van der Waals surface area contributed by atoms with Crippen molar-refractivity contribution in [1.82, 2.24) is 10.2 Å². The number of hydrogen-bond donors (Lipinski definition) is 2. The molecule has 0 aromatic heterocycles. The van der Waals surface area contributed by atoms with Gasteiger partial charge in [-0.2, -0.15) is 0 Å². The lowest BCUT2D eigenvalue weighted by atomic mass is 9.97. The molecule has 2 aromatic rings. The van der Waals surface area contributed by atoms with Crippen molar-refractivity contribution < 1.29 is 23.9 Å². The summed E-state index contributed by atoms with van der Waals surface area (Å²) in [4.78, 5) is 38.6. The normalized spacial score (nSPS) is 16.7. The van der Waals surface area contributed by atoms with Crippen LogP contribution in [0.1, 0.15) is 50.2 Å². The number of nitrogens with one attached hydrogen (secondary N) is 2. The van der Waals surface area contributed by atoms with Crippen molar-refractivity contribution in [2.45, 2.75) is 45.6 Å². The van der Waals surface area contributed by atoms with E-state index in [1.807, 2.05) is 6.07 Å². The minimum atomic E-state index is -0.513. The summed E-state index contributed by atoms with van der Waals surface area (Å²) in [5.74, 6) is 0.170. The van der Waals surface area contributed by atoms with E-state index in [0.717, 1.165) is 31.2 Å². The van der Waals surface area contributed by atoms with E-state index in [2.05, 4.69) is 16.7 Å². The van der Waals surface area contributed by atoms with Crippen LogP contribution in [0.5, 0.6) is 11.5 Å². The summed E-state index contributed by atoms with van der Waals surface area (Å²) in [5.41, 5.74) is 3.44. The van der Waals surface area contributed by atoms with E-state index in [1.54, 1.807) is 49.6 Å². The number of hydrogen-bond acceptors (Lipinski definition) is 6. The maximum absolute atomic E-state index is 13.3. The minimum Gasteiger partial charge on any atom is -0.496 e. The number of carbonyl (C=O) groups is 3. The predicted octanol–water partition coefficient (Wildman–Crippen LogP) is 4.75. The summed E-state index contributed by atoms with van der Waals surface area (Å²) in [6.07, 6.45) is 9.03. The molecule has 2 aliphatic rings. The molecule has 0 bridgehead atoms. The second-order valence-electron chi connectivity index (χ2n) is 9.20. The predicted molar refractivity (Wildman–Crippen MR) is 150 cm³/mol. The Bertz CT molecular complexity index is 1300. The van der Waals surface area contributed by atoms with Crippen LogP contribution in [0.15, 0.2) is 59.7 Å². The summed E-state index contributed by atoms with van der Waals surface area (Å²) in [7, 11) is 1.57. The van der Waals surface area contributed by atoms with Crippen LogP contribution in [0.4, 0.5) is 5.69 Å². The highest BCUT2D eigenvalue weighted by molar-refractivity contribution is 7.80. The third-order valence-corrected chi connectivity index (χ3v) is 6.73. The summed E-state index contributed by atoms with van der Waals surface area (Å²) in [6.45, 7) is 2.08. The van der Waals surface area contributed by atoms with E-state index in [-0.39, 0.29) is 23.2 Å². The molecular formula is C29H31N3O5S. The molecule has 0 radical (unpaired) electrons. The lowest BCUT2D eigenvalue weighted by Gasteiger charge is -2.29. The summed E-state index contributed by atoms with van der Waals surface area (Å²) in [5, 5.41) is 5.51. The molecule has 198 valence electrons. The van der Waals surface area contributed by atoms with Gasteiger partial charge in [-0.1, -0.05) is 17.7 Å². The zero-order valence-electron chi connectivity index (χ0n) is 21.5. The summed E-state index contributed by atoms with van der Waals surface area (Å²) < 4.78 is 11.4. The monoisotopic (exact) mass is 533 g/mol. The smallest absolute Gasteiger partial charge is 0.265 e. The second kappa shape index (κ2) is 12.5. The number of allylic oxidation sites excluding steroid dienone is 1. The molecule has 3 amide bonds. The first-order valence-electron chi connectivity index (χ1n) is 12.6. The van der Waals surface area contributed by atoms with E-state index in [1.165, 1.54) is 23.8 Å². The van der Waals surface area contributed by atoms with Crippen molar-refractivity contribution >= 4 is 46.8 Å². The number of ether oxygens (including phenoxy) is 2. The van der Waals surface area contributed by atoms with Gasteiger partial charge in [0.2, 0.25) is 5.91 Å². The number of methoxy groups -OCH3 is 1. The molecule has 0 atom stereocenters. The van der Waals surface area contributed by atoms with E-state index in [9.17, 15) is 14.4 Å². The Morgan fingerprint density at radius 1 is 1.16 bits per heavy atom. The van der Waals surface area contributed by atoms with Crippen LogP contribution < -0.4 is 20.1 Å². The van der Waals surface area contributed by atoms with E-state index >= 15 is 0 Å². The lowest BCUT2D eigenvalue weighted by Crippen LogP contribution is -2.54. The molecule has 0 unspecified atom stereocenters. The Balaban J connectivity index is 1.48. The average Bonchev–Trinajstić information content (AvgIpc) is 2.91. The van der Waals surface area contributed by atoms with Gasteiger partial charge in [0.1, 0.15) is 23.7 Å². The second-order valence-corrected chi connectivity index (χ2v) is 9.58. The quantitative estimate of drug-likeness (QED) is 0.209. The Labute approximate surface area is 227 Å². The first kappa shape index (κ1) is 27.1. The maximum atomic E-state index is 13.3. The van der Waals surface area contributed by atoms with Gasteiger partial charge in [0, 0.05) is 24.7 Å². The van der Waals surface area contributed by atoms with Crippen LogP contribution in [0.3, 0.4) is 0 Å². The minimum absolute atomic E-state index is 0.0295. The molecule has 0 spiro atoms. The molecule has 38 heavy (non-hydrogen) atoms. The molecule has 1 heterocycles. The van der Waals surface area contributed by atoms with Gasteiger partial charge in [0.05, 0.1) is 7.11 Å². The van der Waals surface area contributed by atoms with Crippen LogP contribution in [0.2, 0.25) is 0 Å². The number of carbonyl (C=O) groups excluding carboxylic acids is 3. The third kappa shape index (κ3) is 6.86. The molecule has 1 aliphatic heterocycles. The molecule has 1 saturated heterocycles. The van der Waals surface area contributed by atoms with E-state index in [0.29, 0.717) is 29.3 Å². The van der Waals surface area contributed by atoms with Gasteiger partial charge >= 0.3 is 0 Å². The SMILES string of the molecule is COc1ccc(/C=C2/C(=O)NC(=S)N(CCC3=CCCCC3)C2=O)cc1COc1ccc(NC(C)=O)cc1. The molecule has 4 rings (SSSR count). The lowest BCUT2D eigenvalue weighted by molar-refractivity contribution is -0.128. The molecule has 2 N–H and O–H groups in total. The van der Waals surface area contributed by atoms with Crippen molar-refractivity contribution in [2.75, 3.05) is 19.0 Å². The summed E-state index contributed by atoms with van der Waals surface area (Å²) >= 11 is 5.30. The molecule has 2 aromatic carbocycles. The fraction of sp³-hybridized carbons (Fsp3) is 0.310. The number of benzene rings is 2. The Hall–Kier alpha value is -3.98. The Kier molecular flexibility index (Phi) is 8.91. The van der Waals surface area contributed by atoms with Gasteiger partial charge in [0.25, 0.3) is 11.8 Å². The molecule has 1 fully saturated rings. The van der Waals surface area contributed by atoms with Crippen molar-refractivity contribution in [3.63, 3.8) is 0 Å². The fourth-order valence-electron chi connectivity index (χ4n) is 4.45. The molecular weight excluding hydrogens is 502 g/mol. The van der Waals surface area contributed by atoms with Crippen LogP contribution in [0.25, 0.3) is 6.08 Å². The Morgan fingerprint density at radius 2 is 1.95 bits per heavy atom. The third-order valence-electron chi connectivity index (χ3n) is 6.41. The van der Waals surface area contributed by atoms with Gasteiger partial charge in [-0.15, -0.1) is 0 Å².